The summed E-state index contributed by atoms with van der Waals surface area (Å²) in [6, 6.07) is 0.362. The van der Waals surface area contributed by atoms with Crippen molar-refractivity contribution in [2.24, 2.45) is 5.73 Å². The average Bonchev–Trinajstić information content (AvgIpc) is 2.70. The van der Waals surface area contributed by atoms with Gasteiger partial charge in [-0.05, 0) is 25.7 Å². The minimum Gasteiger partial charge on any atom is -0.466 e. The molecule has 0 radical (unpaired) electrons. The Hall–Kier alpha value is -0.680. The van der Waals surface area contributed by atoms with Gasteiger partial charge in [0.05, 0.1) is 0 Å². The molecule has 0 unspecified atom stereocenters. The number of nitrogens with two attached hydrogens (primary N) is 1. The van der Waals surface area contributed by atoms with Crippen LogP contribution < -0.4 is 10.5 Å². The first-order valence-corrected chi connectivity index (χ1v) is 6.68. The summed E-state index contributed by atoms with van der Waals surface area (Å²) in [5.41, 5.74) is 5.85. The van der Waals surface area contributed by atoms with Gasteiger partial charge in [0.1, 0.15) is 11.9 Å². The van der Waals surface area contributed by atoms with Crippen molar-refractivity contribution in [2.75, 3.05) is 0 Å². The van der Waals surface area contributed by atoms with Crippen molar-refractivity contribution in [2.45, 2.75) is 57.6 Å². The Morgan fingerprint density at radius 3 is 2.56 bits per heavy atom. The van der Waals surface area contributed by atoms with Gasteiger partial charge in [0.25, 0.3) is 5.19 Å². The second-order valence-corrected chi connectivity index (χ2v) is 5.44. The maximum absolute atomic E-state index is 5.85. The Morgan fingerprint density at radius 1 is 1.31 bits per heavy atom. The van der Waals surface area contributed by atoms with Crippen LogP contribution in [-0.2, 0) is 0 Å². The molecule has 1 aliphatic rings. The molecule has 0 aromatic carbocycles. The largest absolute Gasteiger partial charge is 0.466 e. The zero-order valence-electron chi connectivity index (χ0n) is 9.85. The highest BCUT2D eigenvalue weighted by Crippen LogP contribution is 2.25. The van der Waals surface area contributed by atoms with Gasteiger partial charge in [-0.15, -0.1) is 0 Å². The molecule has 2 N–H and O–H groups in total. The smallest absolute Gasteiger partial charge is 0.293 e. The molecule has 0 amide bonds. The Kier molecular flexibility index (Phi) is 3.76. The first-order valence-electron chi connectivity index (χ1n) is 5.91. The molecule has 90 valence electrons. The monoisotopic (exact) mass is 241 g/mol. The Bertz CT molecular complexity index is 332. The molecule has 0 saturated heterocycles. The lowest BCUT2D eigenvalue weighted by atomic mass is 9.94. The third-order valence-corrected chi connectivity index (χ3v) is 3.55. The Morgan fingerprint density at radius 2 is 2.00 bits per heavy atom. The van der Waals surface area contributed by atoms with Gasteiger partial charge in [0.15, 0.2) is 0 Å². The number of rotatable bonds is 3. The average molecular weight is 241 g/mol. The van der Waals surface area contributed by atoms with Crippen molar-refractivity contribution in [3.05, 3.63) is 5.82 Å². The Balaban J connectivity index is 1.88. The van der Waals surface area contributed by atoms with Gasteiger partial charge in [0, 0.05) is 23.5 Å². The summed E-state index contributed by atoms with van der Waals surface area (Å²) in [7, 11) is 0. The summed E-state index contributed by atoms with van der Waals surface area (Å²) in [6.07, 6.45) is 4.48. The van der Waals surface area contributed by atoms with Gasteiger partial charge >= 0.3 is 0 Å². The molecule has 5 heteroatoms. The van der Waals surface area contributed by atoms with Crippen LogP contribution in [0.5, 0.6) is 5.19 Å². The third kappa shape index (κ3) is 2.92. The maximum Gasteiger partial charge on any atom is 0.293 e. The third-order valence-electron chi connectivity index (χ3n) is 2.93. The number of hydrogen-bond acceptors (Lipinski definition) is 5. The van der Waals surface area contributed by atoms with Crippen molar-refractivity contribution in [3.8, 4) is 5.19 Å². The minimum atomic E-state index is 0.285. The van der Waals surface area contributed by atoms with E-state index in [9.17, 15) is 0 Å². The van der Waals surface area contributed by atoms with Crippen LogP contribution in [0.3, 0.4) is 0 Å². The van der Waals surface area contributed by atoms with Crippen molar-refractivity contribution in [1.29, 1.82) is 0 Å². The van der Waals surface area contributed by atoms with E-state index in [0.29, 0.717) is 17.2 Å². The maximum atomic E-state index is 5.85. The van der Waals surface area contributed by atoms with E-state index < -0.39 is 0 Å². The topological polar surface area (TPSA) is 61.0 Å². The number of aromatic nitrogens is 2. The summed E-state index contributed by atoms with van der Waals surface area (Å²) >= 11 is 1.36. The molecule has 0 spiro atoms. The predicted octanol–water partition coefficient (Wildman–Crippen LogP) is 2.31. The van der Waals surface area contributed by atoms with Crippen LogP contribution in [0.4, 0.5) is 0 Å². The van der Waals surface area contributed by atoms with E-state index in [2.05, 4.69) is 23.2 Å². The summed E-state index contributed by atoms with van der Waals surface area (Å²) in [4.78, 5) is 4.38. The molecule has 1 saturated carbocycles. The lowest BCUT2D eigenvalue weighted by Gasteiger charge is -2.25. The van der Waals surface area contributed by atoms with Crippen LogP contribution in [0.1, 0.15) is 51.3 Å². The first-order chi connectivity index (χ1) is 7.65. The van der Waals surface area contributed by atoms with Crippen molar-refractivity contribution >= 4 is 11.5 Å². The van der Waals surface area contributed by atoms with Crippen molar-refractivity contribution < 1.29 is 4.74 Å². The predicted molar refractivity (Wildman–Crippen MR) is 64.9 cm³/mol. The van der Waals surface area contributed by atoms with Gasteiger partial charge in [-0.3, -0.25) is 0 Å². The molecule has 0 atom stereocenters. The summed E-state index contributed by atoms with van der Waals surface area (Å²) in [5.74, 6) is 1.25. The lowest BCUT2D eigenvalue weighted by Crippen LogP contribution is -2.31. The highest BCUT2D eigenvalue weighted by Gasteiger charge is 2.21. The zero-order chi connectivity index (χ0) is 11.5. The molecule has 0 aliphatic heterocycles. The molecular weight excluding hydrogens is 222 g/mol. The first kappa shape index (κ1) is 11.8. The molecular formula is C11H19N3OS. The van der Waals surface area contributed by atoms with E-state index in [0.717, 1.165) is 31.5 Å². The summed E-state index contributed by atoms with van der Waals surface area (Å²) in [5, 5.41) is 0.712. The number of ether oxygens (including phenoxy) is 1. The normalized spacial score (nSPS) is 26.0. The lowest BCUT2D eigenvalue weighted by molar-refractivity contribution is 0.146. The summed E-state index contributed by atoms with van der Waals surface area (Å²) < 4.78 is 10.1. The molecule has 1 aromatic heterocycles. The van der Waals surface area contributed by atoms with E-state index in [4.69, 9.17) is 10.5 Å². The molecule has 2 rings (SSSR count). The second-order valence-electron chi connectivity index (χ2n) is 4.73. The van der Waals surface area contributed by atoms with E-state index in [1.165, 1.54) is 11.5 Å². The van der Waals surface area contributed by atoms with E-state index >= 15 is 0 Å². The van der Waals surface area contributed by atoms with Crippen LogP contribution in [0.15, 0.2) is 0 Å². The summed E-state index contributed by atoms with van der Waals surface area (Å²) in [6.45, 7) is 4.18. The van der Waals surface area contributed by atoms with Crippen LogP contribution in [0.2, 0.25) is 0 Å². The van der Waals surface area contributed by atoms with Crippen LogP contribution in [0.25, 0.3) is 0 Å². The zero-order valence-corrected chi connectivity index (χ0v) is 10.7. The Labute approximate surface area is 100 Å². The van der Waals surface area contributed by atoms with E-state index in [1.807, 2.05) is 0 Å². The fourth-order valence-electron chi connectivity index (χ4n) is 1.85. The van der Waals surface area contributed by atoms with Gasteiger partial charge < -0.3 is 10.5 Å². The van der Waals surface area contributed by atoms with Gasteiger partial charge in [-0.25, -0.2) is 0 Å². The van der Waals surface area contributed by atoms with Crippen LogP contribution in [0, 0.1) is 0 Å². The molecule has 1 aromatic rings. The SMILES string of the molecule is CC(C)c1nsc(OC2CCC(N)CC2)n1. The quantitative estimate of drug-likeness (QED) is 0.882. The minimum absolute atomic E-state index is 0.285. The fraction of sp³-hybridized carbons (Fsp3) is 0.818. The fourth-order valence-corrected chi connectivity index (χ4v) is 2.59. The van der Waals surface area contributed by atoms with E-state index in [-0.39, 0.29) is 6.10 Å². The van der Waals surface area contributed by atoms with Crippen molar-refractivity contribution in [3.63, 3.8) is 0 Å². The van der Waals surface area contributed by atoms with Gasteiger partial charge in [0.2, 0.25) is 0 Å². The molecule has 1 fully saturated rings. The molecule has 4 nitrogen and oxygen atoms in total. The number of nitrogens with zero attached hydrogens (tertiary/aromatic N) is 2. The standard InChI is InChI=1S/C11H19N3OS/c1-7(2)10-13-11(16-14-10)15-9-5-3-8(12)4-6-9/h7-9H,3-6,12H2,1-2H3. The molecule has 1 heterocycles. The number of hydrogen-bond donors (Lipinski definition) is 1. The molecule has 1 aliphatic carbocycles. The van der Waals surface area contributed by atoms with Crippen molar-refractivity contribution in [1.82, 2.24) is 9.36 Å². The highest BCUT2D eigenvalue weighted by atomic mass is 32.1. The van der Waals surface area contributed by atoms with Gasteiger partial charge in [-0.2, -0.15) is 9.36 Å². The van der Waals surface area contributed by atoms with Crippen LogP contribution in [-0.4, -0.2) is 21.5 Å². The van der Waals surface area contributed by atoms with Gasteiger partial charge in [-0.1, -0.05) is 13.8 Å². The van der Waals surface area contributed by atoms with Crippen LogP contribution >= 0.6 is 11.5 Å². The second kappa shape index (κ2) is 5.10. The molecule has 0 bridgehead atoms. The van der Waals surface area contributed by atoms with E-state index in [1.54, 1.807) is 0 Å². The highest BCUT2D eigenvalue weighted by molar-refractivity contribution is 7.07. The molecule has 16 heavy (non-hydrogen) atoms.